The number of rotatable bonds is 10. The monoisotopic (exact) mass is 518 g/mol. The van der Waals surface area contributed by atoms with Crippen LogP contribution >= 0.6 is 0 Å². The maximum atomic E-state index is 10.5. The Morgan fingerprint density at radius 1 is 0.947 bits per heavy atom. The summed E-state index contributed by atoms with van der Waals surface area (Å²) in [6.45, 7) is 12.9. The van der Waals surface area contributed by atoms with Gasteiger partial charge in [0, 0.05) is 57.4 Å². The Labute approximate surface area is 227 Å². The zero-order chi connectivity index (χ0) is 27.1. The van der Waals surface area contributed by atoms with E-state index in [9.17, 15) is 5.11 Å². The summed E-state index contributed by atoms with van der Waals surface area (Å²) in [6.07, 6.45) is 0.238. The van der Waals surface area contributed by atoms with Gasteiger partial charge < -0.3 is 19.5 Å². The lowest BCUT2D eigenvalue weighted by Crippen LogP contribution is -2.50. The lowest BCUT2D eigenvalue weighted by atomic mass is 10.0. The molecule has 1 N–H and O–H groups in total. The zero-order valence-electron chi connectivity index (χ0n) is 23.5. The highest BCUT2D eigenvalue weighted by molar-refractivity contribution is 5.61. The second-order valence-corrected chi connectivity index (χ2v) is 11.1. The smallest absolute Gasteiger partial charge is 0.161 e. The number of methoxy groups -OCH3 is 1. The molecule has 38 heavy (non-hydrogen) atoms. The maximum absolute atomic E-state index is 10.5. The Kier molecular flexibility index (Phi) is 9.49. The van der Waals surface area contributed by atoms with Crippen molar-refractivity contribution >= 4 is 5.82 Å². The summed E-state index contributed by atoms with van der Waals surface area (Å²) >= 11 is 0. The second-order valence-electron chi connectivity index (χ2n) is 11.1. The highest BCUT2D eigenvalue weighted by Crippen LogP contribution is 2.29. The number of benzene rings is 2. The van der Waals surface area contributed by atoms with Crippen LogP contribution in [0.15, 0.2) is 54.6 Å². The van der Waals surface area contributed by atoms with Crippen LogP contribution < -0.4 is 4.90 Å². The lowest BCUT2D eigenvalue weighted by Gasteiger charge is -2.37. The van der Waals surface area contributed by atoms with Gasteiger partial charge in [0.15, 0.2) is 5.82 Å². The number of anilines is 1. The third kappa shape index (κ3) is 7.84. The Morgan fingerprint density at radius 3 is 2.26 bits per heavy atom. The minimum absolute atomic E-state index is 0.253. The van der Waals surface area contributed by atoms with E-state index in [0.717, 1.165) is 61.1 Å². The molecular weight excluding hydrogens is 476 g/mol. The molecule has 7 heteroatoms. The molecule has 1 aromatic heterocycles. The van der Waals surface area contributed by atoms with Crippen LogP contribution in [-0.2, 0) is 22.5 Å². The highest BCUT2D eigenvalue weighted by Gasteiger charge is 2.25. The van der Waals surface area contributed by atoms with E-state index in [1.807, 2.05) is 51.1 Å². The van der Waals surface area contributed by atoms with Crippen LogP contribution in [0, 0.1) is 6.92 Å². The highest BCUT2D eigenvalue weighted by atomic mass is 16.5. The van der Waals surface area contributed by atoms with Gasteiger partial charge in [-0.25, -0.2) is 9.97 Å². The SMILES string of the molecule is COCc1nc(-c2ccccc2)nc(N2CCN(CC(O)COC(C)(C)C)CC2)c1Cc1ccc(C)cc1. The molecule has 1 unspecified atom stereocenters. The number of β-amino-alcohol motifs (C(OH)–C–C–N with tert-alkyl or cyclic N) is 1. The van der Waals surface area contributed by atoms with Gasteiger partial charge in [0.1, 0.15) is 5.82 Å². The summed E-state index contributed by atoms with van der Waals surface area (Å²) in [5.74, 6) is 1.69. The Balaban J connectivity index is 1.59. The number of hydrogen-bond acceptors (Lipinski definition) is 7. The van der Waals surface area contributed by atoms with Crippen LogP contribution in [0.2, 0.25) is 0 Å². The Morgan fingerprint density at radius 2 is 1.63 bits per heavy atom. The van der Waals surface area contributed by atoms with Crippen LogP contribution in [0.3, 0.4) is 0 Å². The average molecular weight is 519 g/mol. The molecule has 7 nitrogen and oxygen atoms in total. The summed E-state index contributed by atoms with van der Waals surface area (Å²) in [6, 6.07) is 18.8. The Hall–Kier alpha value is -2.84. The number of aryl methyl sites for hydroxylation is 1. The number of aromatic nitrogens is 2. The average Bonchev–Trinajstić information content (AvgIpc) is 2.90. The number of ether oxygens (including phenoxy) is 2. The standard InChI is InChI=1S/C31H42N4O3/c1-23-11-13-24(14-12-23)19-27-28(22-37-5)32-29(25-9-7-6-8-10-25)33-30(27)35-17-15-34(16-18-35)20-26(36)21-38-31(2,3)4/h6-14,26,36H,15-22H2,1-5H3. The van der Waals surface area contributed by atoms with E-state index in [4.69, 9.17) is 19.4 Å². The molecule has 0 radical (unpaired) electrons. The molecule has 0 spiro atoms. The number of aliphatic hydroxyl groups is 1. The summed E-state index contributed by atoms with van der Waals surface area (Å²) in [4.78, 5) is 14.8. The molecular formula is C31H42N4O3. The van der Waals surface area contributed by atoms with Crippen LogP contribution in [-0.4, -0.2) is 78.1 Å². The third-order valence-electron chi connectivity index (χ3n) is 6.73. The van der Waals surface area contributed by atoms with Crippen molar-refractivity contribution in [1.82, 2.24) is 14.9 Å². The molecule has 204 valence electrons. The van der Waals surface area contributed by atoms with Crippen LogP contribution in [0.1, 0.15) is 43.2 Å². The van der Waals surface area contributed by atoms with Gasteiger partial charge in [-0.1, -0.05) is 60.2 Å². The predicted octanol–water partition coefficient (Wildman–Crippen LogP) is 4.49. The van der Waals surface area contributed by atoms with Gasteiger partial charge in [0.2, 0.25) is 0 Å². The van der Waals surface area contributed by atoms with E-state index in [1.165, 1.54) is 11.1 Å². The van der Waals surface area contributed by atoms with E-state index in [0.29, 0.717) is 19.8 Å². The molecule has 1 aliphatic rings. The largest absolute Gasteiger partial charge is 0.389 e. The van der Waals surface area contributed by atoms with Crippen LogP contribution in [0.4, 0.5) is 5.82 Å². The first kappa shape index (κ1) is 28.2. The van der Waals surface area contributed by atoms with Crippen molar-refractivity contribution in [2.45, 2.75) is 52.4 Å². The van der Waals surface area contributed by atoms with Crippen LogP contribution in [0.25, 0.3) is 11.4 Å². The van der Waals surface area contributed by atoms with Gasteiger partial charge in [0.05, 0.1) is 30.6 Å². The normalized spacial score (nSPS) is 15.6. The fraction of sp³-hybridized carbons (Fsp3) is 0.484. The first-order valence-electron chi connectivity index (χ1n) is 13.5. The summed E-state index contributed by atoms with van der Waals surface area (Å²) < 4.78 is 11.4. The number of aliphatic hydroxyl groups excluding tert-OH is 1. The van der Waals surface area contributed by atoms with Gasteiger partial charge in [-0.05, 0) is 33.3 Å². The molecule has 2 heterocycles. The minimum atomic E-state index is -0.505. The fourth-order valence-electron chi connectivity index (χ4n) is 4.68. The number of hydrogen-bond donors (Lipinski definition) is 1. The molecule has 0 amide bonds. The third-order valence-corrected chi connectivity index (χ3v) is 6.73. The molecule has 2 aromatic carbocycles. The van der Waals surface area contributed by atoms with Crippen molar-refractivity contribution in [3.8, 4) is 11.4 Å². The van der Waals surface area contributed by atoms with Crippen molar-refractivity contribution < 1.29 is 14.6 Å². The van der Waals surface area contributed by atoms with Gasteiger partial charge in [-0.15, -0.1) is 0 Å². The van der Waals surface area contributed by atoms with Gasteiger partial charge in [-0.3, -0.25) is 4.90 Å². The topological polar surface area (TPSA) is 71.0 Å². The number of nitrogens with zero attached hydrogens (tertiary/aromatic N) is 4. The molecule has 1 aliphatic heterocycles. The van der Waals surface area contributed by atoms with Crippen molar-refractivity contribution in [2.24, 2.45) is 0 Å². The molecule has 0 bridgehead atoms. The van der Waals surface area contributed by atoms with Crippen molar-refractivity contribution in [3.05, 3.63) is 77.0 Å². The summed E-state index contributed by atoms with van der Waals surface area (Å²) in [7, 11) is 1.72. The minimum Gasteiger partial charge on any atom is -0.389 e. The van der Waals surface area contributed by atoms with Crippen molar-refractivity contribution in [2.75, 3.05) is 51.3 Å². The Bertz CT molecular complexity index is 1150. The van der Waals surface area contributed by atoms with E-state index < -0.39 is 6.10 Å². The molecule has 1 saturated heterocycles. The van der Waals surface area contributed by atoms with Crippen molar-refractivity contribution in [1.29, 1.82) is 0 Å². The van der Waals surface area contributed by atoms with E-state index in [2.05, 4.69) is 41.0 Å². The first-order chi connectivity index (χ1) is 18.2. The van der Waals surface area contributed by atoms with Crippen LogP contribution in [0.5, 0.6) is 0 Å². The predicted molar refractivity (Wildman–Crippen MR) is 153 cm³/mol. The summed E-state index contributed by atoms with van der Waals surface area (Å²) in [5.41, 5.74) is 5.25. The first-order valence-corrected chi connectivity index (χ1v) is 13.5. The quantitative estimate of drug-likeness (QED) is 0.424. The zero-order valence-corrected chi connectivity index (χ0v) is 23.5. The summed E-state index contributed by atoms with van der Waals surface area (Å²) in [5, 5.41) is 10.5. The molecule has 1 atom stereocenters. The number of piperazine rings is 1. The van der Waals surface area contributed by atoms with Crippen molar-refractivity contribution in [3.63, 3.8) is 0 Å². The lowest BCUT2D eigenvalue weighted by molar-refractivity contribution is -0.0563. The van der Waals surface area contributed by atoms with E-state index >= 15 is 0 Å². The van der Waals surface area contributed by atoms with Gasteiger partial charge in [-0.2, -0.15) is 0 Å². The second kappa shape index (κ2) is 12.8. The van der Waals surface area contributed by atoms with Gasteiger partial charge in [0.25, 0.3) is 0 Å². The molecule has 4 rings (SSSR count). The van der Waals surface area contributed by atoms with E-state index in [1.54, 1.807) is 7.11 Å². The molecule has 1 fully saturated rings. The molecule has 3 aromatic rings. The van der Waals surface area contributed by atoms with E-state index in [-0.39, 0.29) is 5.60 Å². The molecule has 0 saturated carbocycles. The fourth-order valence-corrected chi connectivity index (χ4v) is 4.68. The maximum Gasteiger partial charge on any atom is 0.161 e. The molecule has 0 aliphatic carbocycles. The van der Waals surface area contributed by atoms with Gasteiger partial charge >= 0.3 is 0 Å².